The second kappa shape index (κ2) is 7.94. The maximum absolute atomic E-state index is 11.6. The summed E-state index contributed by atoms with van der Waals surface area (Å²) in [7, 11) is -3.33. The van der Waals surface area contributed by atoms with Crippen molar-refractivity contribution in [2.45, 2.75) is 64.5 Å². The van der Waals surface area contributed by atoms with Crippen LogP contribution in [0.5, 0.6) is 0 Å². The summed E-state index contributed by atoms with van der Waals surface area (Å²) in [4.78, 5) is 11.6. The SMILES string of the molecule is CC[Si](CC)(CC)CC[Si](C)(OC(C)=O)c1ccccc1. The van der Waals surface area contributed by atoms with E-state index in [1.54, 1.807) is 6.92 Å². The first-order valence-corrected chi connectivity index (χ1v) is 13.6. The van der Waals surface area contributed by atoms with Crippen LogP contribution in [0.4, 0.5) is 0 Å². The van der Waals surface area contributed by atoms with Crippen molar-refractivity contribution in [3.05, 3.63) is 30.3 Å². The lowest BCUT2D eigenvalue weighted by atomic mass is 10.4. The van der Waals surface area contributed by atoms with Gasteiger partial charge in [-0.2, -0.15) is 0 Å². The molecule has 0 radical (unpaired) electrons. The molecule has 1 rings (SSSR count). The van der Waals surface area contributed by atoms with Crippen molar-refractivity contribution in [2.75, 3.05) is 0 Å². The third kappa shape index (κ3) is 4.82. The average Bonchev–Trinajstić information content (AvgIpc) is 2.49. The van der Waals surface area contributed by atoms with Crippen molar-refractivity contribution >= 4 is 27.5 Å². The highest BCUT2D eigenvalue weighted by Gasteiger charge is 2.38. The Balaban J connectivity index is 2.96. The summed E-state index contributed by atoms with van der Waals surface area (Å²) < 4.78 is 5.87. The van der Waals surface area contributed by atoms with Crippen LogP contribution in [0.15, 0.2) is 30.3 Å². The molecule has 118 valence electrons. The van der Waals surface area contributed by atoms with Gasteiger partial charge < -0.3 is 4.43 Å². The largest absolute Gasteiger partial charge is 0.515 e. The van der Waals surface area contributed by atoms with E-state index in [2.05, 4.69) is 39.5 Å². The highest BCUT2D eigenvalue weighted by atomic mass is 28.4. The fourth-order valence-corrected chi connectivity index (χ4v) is 11.8. The Labute approximate surface area is 132 Å². The molecule has 0 spiro atoms. The summed E-state index contributed by atoms with van der Waals surface area (Å²) in [6.07, 6.45) is 0. The van der Waals surface area contributed by atoms with E-state index in [1.807, 2.05) is 18.2 Å². The quantitative estimate of drug-likeness (QED) is 0.657. The lowest BCUT2D eigenvalue weighted by Crippen LogP contribution is -2.50. The molecule has 2 nitrogen and oxygen atoms in total. The zero-order chi connectivity index (χ0) is 15.9. The molecule has 21 heavy (non-hydrogen) atoms. The Morgan fingerprint density at radius 1 is 1.00 bits per heavy atom. The molecule has 0 fully saturated rings. The number of benzene rings is 1. The van der Waals surface area contributed by atoms with Crippen LogP contribution in [0.25, 0.3) is 0 Å². The van der Waals surface area contributed by atoms with Gasteiger partial charge in [0.05, 0.1) is 8.07 Å². The summed E-state index contributed by atoms with van der Waals surface area (Å²) in [5, 5.41) is 1.24. The Morgan fingerprint density at radius 2 is 1.52 bits per heavy atom. The first kappa shape index (κ1) is 18.2. The van der Waals surface area contributed by atoms with E-state index in [-0.39, 0.29) is 5.97 Å². The molecule has 0 N–H and O–H groups in total. The van der Waals surface area contributed by atoms with Crippen molar-refractivity contribution in [2.24, 2.45) is 0 Å². The van der Waals surface area contributed by atoms with Crippen molar-refractivity contribution in [1.29, 1.82) is 0 Å². The van der Waals surface area contributed by atoms with E-state index in [4.69, 9.17) is 4.43 Å². The minimum Gasteiger partial charge on any atom is -0.515 e. The predicted molar refractivity (Wildman–Crippen MR) is 96.3 cm³/mol. The minimum absolute atomic E-state index is 0.134. The van der Waals surface area contributed by atoms with Crippen LogP contribution in [-0.4, -0.2) is 22.4 Å². The smallest absolute Gasteiger partial charge is 0.289 e. The van der Waals surface area contributed by atoms with E-state index in [0.717, 1.165) is 6.04 Å². The van der Waals surface area contributed by atoms with Crippen LogP contribution in [0.3, 0.4) is 0 Å². The van der Waals surface area contributed by atoms with E-state index >= 15 is 0 Å². The molecule has 0 saturated carbocycles. The number of carbonyl (C=O) groups is 1. The molecule has 1 aromatic carbocycles. The van der Waals surface area contributed by atoms with E-state index in [1.165, 1.54) is 29.4 Å². The van der Waals surface area contributed by atoms with Gasteiger partial charge in [0.1, 0.15) is 0 Å². The molecule has 0 saturated heterocycles. The van der Waals surface area contributed by atoms with Crippen molar-refractivity contribution in [1.82, 2.24) is 0 Å². The van der Waals surface area contributed by atoms with Gasteiger partial charge in [-0.05, 0) is 17.8 Å². The van der Waals surface area contributed by atoms with Crippen LogP contribution >= 0.6 is 0 Å². The summed E-state index contributed by atoms with van der Waals surface area (Å²) in [6, 6.07) is 16.7. The number of hydrogen-bond acceptors (Lipinski definition) is 2. The van der Waals surface area contributed by atoms with Crippen molar-refractivity contribution < 1.29 is 9.22 Å². The van der Waals surface area contributed by atoms with Gasteiger partial charge in [0.15, 0.2) is 0 Å². The normalized spacial score (nSPS) is 14.5. The van der Waals surface area contributed by atoms with Gasteiger partial charge in [-0.15, -0.1) is 0 Å². The molecule has 0 aromatic heterocycles. The van der Waals surface area contributed by atoms with Crippen LogP contribution in [0, 0.1) is 0 Å². The summed E-state index contributed by atoms with van der Waals surface area (Å²) >= 11 is 0. The lowest BCUT2D eigenvalue weighted by Gasteiger charge is -2.33. The Kier molecular flexibility index (Phi) is 6.87. The number of rotatable bonds is 8. The highest BCUT2D eigenvalue weighted by molar-refractivity contribution is 6.89. The summed E-state index contributed by atoms with van der Waals surface area (Å²) in [5.41, 5.74) is 0. The van der Waals surface area contributed by atoms with E-state index < -0.39 is 16.4 Å². The monoisotopic (exact) mass is 322 g/mol. The summed E-state index contributed by atoms with van der Waals surface area (Å²) in [5.74, 6) is -0.134. The Morgan fingerprint density at radius 3 is 1.95 bits per heavy atom. The standard InChI is InChI=1S/C17H30O2Si2/c1-6-21(7-2,8-3)15-14-20(5,19-16(4)18)17-12-10-9-11-13-17/h9-13H,6-8,14-15H2,1-5H3. The second-order valence-corrected chi connectivity index (χ2v) is 15.6. The van der Waals surface area contributed by atoms with Gasteiger partial charge in [0, 0.05) is 6.92 Å². The fraction of sp³-hybridized carbons (Fsp3) is 0.588. The number of carbonyl (C=O) groups excluding carboxylic acids is 1. The van der Waals surface area contributed by atoms with E-state index in [0.29, 0.717) is 0 Å². The maximum Gasteiger partial charge on any atom is 0.289 e. The topological polar surface area (TPSA) is 26.3 Å². The first-order chi connectivity index (χ1) is 9.91. The average molecular weight is 323 g/mol. The molecule has 1 atom stereocenters. The lowest BCUT2D eigenvalue weighted by molar-refractivity contribution is -0.132. The van der Waals surface area contributed by atoms with Crippen molar-refractivity contribution in [3.63, 3.8) is 0 Å². The molecule has 0 bridgehead atoms. The molecule has 1 unspecified atom stereocenters. The van der Waals surface area contributed by atoms with Crippen LogP contribution in [-0.2, 0) is 9.22 Å². The zero-order valence-electron chi connectivity index (χ0n) is 14.2. The van der Waals surface area contributed by atoms with Gasteiger partial charge in [0.25, 0.3) is 14.3 Å². The Hall–Kier alpha value is -0.876. The molecule has 0 aliphatic carbocycles. The first-order valence-electron chi connectivity index (χ1n) is 8.16. The van der Waals surface area contributed by atoms with Crippen LogP contribution in [0.1, 0.15) is 27.7 Å². The second-order valence-electron chi connectivity index (χ2n) is 6.25. The zero-order valence-corrected chi connectivity index (χ0v) is 16.2. The van der Waals surface area contributed by atoms with Crippen LogP contribution in [0.2, 0.25) is 36.8 Å². The molecule has 1 aromatic rings. The van der Waals surface area contributed by atoms with Gasteiger partial charge in [-0.3, -0.25) is 4.79 Å². The van der Waals surface area contributed by atoms with Gasteiger partial charge in [-0.1, -0.05) is 75.3 Å². The molecular formula is C17H30O2Si2. The van der Waals surface area contributed by atoms with Gasteiger partial charge in [-0.25, -0.2) is 0 Å². The highest BCUT2D eigenvalue weighted by Crippen LogP contribution is 2.30. The predicted octanol–water partition coefficient (Wildman–Crippen LogP) is 4.54. The molecule has 0 heterocycles. The number of hydrogen-bond donors (Lipinski definition) is 0. The van der Waals surface area contributed by atoms with Gasteiger partial charge in [0.2, 0.25) is 0 Å². The molecule has 4 heteroatoms. The molecule has 0 aliphatic rings. The third-order valence-corrected chi connectivity index (χ3v) is 14.9. The fourth-order valence-electron chi connectivity index (χ4n) is 3.15. The van der Waals surface area contributed by atoms with Crippen molar-refractivity contribution in [3.8, 4) is 0 Å². The van der Waals surface area contributed by atoms with E-state index in [9.17, 15) is 4.79 Å². The maximum atomic E-state index is 11.6. The summed E-state index contributed by atoms with van der Waals surface area (Å²) in [6.45, 7) is 10.8. The van der Waals surface area contributed by atoms with Gasteiger partial charge >= 0.3 is 0 Å². The minimum atomic E-state index is -2.16. The van der Waals surface area contributed by atoms with Crippen LogP contribution < -0.4 is 5.19 Å². The Bertz CT molecular complexity index is 435. The molecule has 0 aliphatic heterocycles. The molecule has 0 amide bonds. The molecular weight excluding hydrogens is 292 g/mol. The third-order valence-electron chi connectivity index (χ3n) is 5.14.